The van der Waals surface area contributed by atoms with Crippen molar-refractivity contribution in [1.29, 1.82) is 5.26 Å². The van der Waals surface area contributed by atoms with Crippen LogP contribution in [0, 0.1) is 18.3 Å². The van der Waals surface area contributed by atoms with Crippen molar-refractivity contribution in [3.63, 3.8) is 0 Å². The lowest BCUT2D eigenvalue weighted by molar-refractivity contribution is 0.390. The average Bonchev–Trinajstić information content (AvgIpc) is 2.42. The van der Waals surface area contributed by atoms with Crippen LogP contribution in [0.3, 0.4) is 0 Å². The Morgan fingerprint density at radius 2 is 1.53 bits per heavy atom. The second-order valence-electron chi connectivity index (χ2n) is 2.60. The largest absolute Gasteiger partial charge is 0.495 e. The Morgan fingerprint density at radius 1 is 1.00 bits per heavy atom. The van der Waals surface area contributed by atoms with Crippen molar-refractivity contribution < 1.29 is 9.47 Å². The van der Waals surface area contributed by atoms with Crippen LogP contribution in [0.1, 0.15) is 38.8 Å². The van der Waals surface area contributed by atoms with Crippen molar-refractivity contribution in [2.75, 3.05) is 14.2 Å². The lowest BCUT2D eigenvalue weighted by Crippen LogP contribution is -1.95. The zero-order valence-corrected chi connectivity index (χ0v) is 11.9. The number of nitrogens with zero attached hydrogens (tertiary/aromatic N) is 1. The molecule has 0 atom stereocenters. The van der Waals surface area contributed by atoms with E-state index in [0.29, 0.717) is 17.1 Å². The van der Waals surface area contributed by atoms with E-state index in [4.69, 9.17) is 14.7 Å². The second-order valence-corrected chi connectivity index (χ2v) is 2.60. The quantitative estimate of drug-likeness (QED) is 0.782. The molecule has 0 radical (unpaired) electrons. The smallest absolute Gasteiger partial charge is 0.143 e. The van der Waals surface area contributed by atoms with Crippen molar-refractivity contribution in [2.24, 2.45) is 0 Å². The molecule has 0 aliphatic rings. The Kier molecular flexibility index (Phi) is 11.3. The van der Waals surface area contributed by atoms with Crippen molar-refractivity contribution >= 4 is 0 Å². The second kappa shape index (κ2) is 10.8. The number of methoxy groups -OCH3 is 2. The van der Waals surface area contributed by atoms with Gasteiger partial charge in [0.05, 0.1) is 14.2 Å². The molecule has 0 saturated heterocycles. The van der Waals surface area contributed by atoms with E-state index in [1.807, 2.05) is 40.7 Å². The van der Waals surface area contributed by atoms with Gasteiger partial charge in [0.15, 0.2) is 0 Å². The number of benzene rings is 1. The topological polar surface area (TPSA) is 42.2 Å². The molecule has 0 bridgehead atoms. The number of ether oxygens (including phenoxy) is 2. The lowest BCUT2D eigenvalue weighted by atomic mass is 10.1. The molecule has 1 rings (SSSR count). The summed E-state index contributed by atoms with van der Waals surface area (Å²) in [5.74, 6) is 1.13. The highest BCUT2D eigenvalue weighted by atomic mass is 16.5. The molecule has 96 valence electrons. The molecule has 0 aliphatic heterocycles. The summed E-state index contributed by atoms with van der Waals surface area (Å²) in [5, 5.41) is 8.88. The fourth-order valence-electron chi connectivity index (χ4n) is 1.21. The fourth-order valence-corrected chi connectivity index (χ4v) is 1.21. The van der Waals surface area contributed by atoms with E-state index in [0.717, 1.165) is 5.56 Å². The highest BCUT2D eigenvalue weighted by molar-refractivity contribution is 5.56. The van der Waals surface area contributed by atoms with E-state index < -0.39 is 0 Å². The molecule has 0 fully saturated rings. The number of aryl methyl sites for hydroxylation is 1. The molecule has 17 heavy (non-hydrogen) atoms. The van der Waals surface area contributed by atoms with E-state index >= 15 is 0 Å². The van der Waals surface area contributed by atoms with Crippen LogP contribution in [0.25, 0.3) is 0 Å². The summed E-state index contributed by atoms with van der Waals surface area (Å²) >= 11 is 0. The lowest BCUT2D eigenvalue weighted by Gasteiger charge is -2.09. The standard InChI is InChI=1S/C10H11NO2.2C2H6/c1-7-4-5-9(12-2)8(6-11)10(7)13-3;2*1-2/h4-5H,1-3H3;2*1-2H3. The monoisotopic (exact) mass is 237 g/mol. The van der Waals surface area contributed by atoms with Gasteiger partial charge < -0.3 is 9.47 Å². The third kappa shape index (κ3) is 4.78. The zero-order chi connectivity index (χ0) is 13.8. The zero-order valence-electron chi connectivity index (χ0n) is 11.9. The van der Waals surface area contributed by atoms with E-state index in [1.54, 1.807) is 13.2 Å². The molecule has 0 spiro atoms. The number of rotatable bonds is 2. The number of hydrogen-bond donors (Lipinski definition) is 0. The van der Waals surface area contributed by atoms with Gasteiger partial charge in [-0.25, -0.2) is 0 Å². The summed E-state index contributed by atoms with van der Waals surface area (Å²) in [6, 6.07) is 5.68. The maximum Gasteiger partial charge on any atom is 0.143 e. The van der Waals surface area contributed by atoms with Crippen LogP contribution in [-0.2, 0) is 0 Å². The Hall–Kier alpha value is -1.69. The molecular weight excluding hydrogens is 214 g/mol. The maximum atomic E-state index is 8.88. The van der Waals surface area contributed by atoms with Gasteiger partial charge in [0.25, 0.3) is 0 Å². The molecule has 0 aliphatic carbocycles. The van der Waals surface area contributed by atoms with Gasteiger partial charge in [-0.3, -0.25) is 0 Å². The SMILES string of the molecule is CC.CC.COc1ccc(C)c(OC)c1C#N. The van der Waals surface area contributed by atoms with Gasteiger partial charge >= 0.3 is 0 Å². The predicted octanol–water partition coefficient (Wildman–Crippen LogP) is 3.94. The van der Waals surface area contributed by atoms with E-state index in [2.05, 4.69) is 6.07 Å². The first kappa shape index (κ1) is 17.7. The van der Waals surface area contributed by atoms with Crippen LogP contribution in [0.5, 0.6) is 11.5 Å². The van der Waals surface area contributed by atoms with Gasteiger partial charge in [-0.2, -0.15) is 5.26 Å². The minimum Gasteiger partial charge on any atom is -0.495 e. The molecule has 0 unspecified atom stereocenters. The van der Waals surface area contributed by atoms with Crippen LogP contribution in [0.15, 0.2) is 12.1 Å². The van der Waals surface area contributed by atoms with Crippen molar-refractivity contribution in [3.8, 4) is 17.6 Å². The number of hydrogen-bond acceptors (Lipinski definition) is 3. The van der Waals surface area contributed by atoms with Crippen molar-refractivity contribution in [2.45, 2.75) is 34.6 Å². The first-order chi connectivity index (χ1) is 8.24. The predicted molar refractivity (Wildman–Crippen MR) is 71.7 cm³/mol. The Balaban J connectivity index is 0. The highest BCUT2D eigenvalue weighted by Crippen LogP contribution is 2.30. The van der Waals surface area contributed by atoms with Gasteiger partial charge in [-0.15, -0.1) is 0 Å². The van der Waals surface area contributed by atoms with Crippen LogP contribution >= 0.6 is 0 Å². The molecule has 0 heterocycles. The van der Waals surface area contributed by atoms with Crippen LogP contribution in [0.4, 0.5) is 0 Å². The van der Waals surface area contributed by atoms with Crippen LogP contribution < -0.4 is 9.47 Å². The van der Waals surface area contributed by atoms with Gasteiger partial charge in [0.2, 0.25) is 0 Å². The van der Waals surface area contributed by atoms with Crippen LogP contribution in [0.2, 0.25) is 0 Å². The Labute approximate surface area is 105 Å². The molecule has 3 heteroatoms. The van der Waals surface area contributed by atoms with Crippen molar-refractivity contribution in [1.82, 2.24) is 0 Å². The summed E-state index contributed by atoms with van der Waals surface area (Å²) in [6.45, 7) is 9.89. The molecule has 0 saturated carbocycles. The number of nitriles is 1. The summed E-state index contributed by atoms with van der Waals surface area (Å²) in [5.41, 5.74) is 1.38. The maximum absolute atomic E-state index is 8.88. The third-order valence-electron chi connectivity index (χ3n) is 1.85. The molecule has 0 N–H and O–H groups in total. The molecular formula is C14H23NO2. The molecule has 1 aromatic carbocycles. The van der Waals surface area contributed by atoms with Crippen molar-refractivity contribution in [3.05, 3.63) is 23.3 Å². The van der Waals surface area contributed by atoms with Gasteiger partial charge in [-0.1, -0.05) is 33.8 Å². The van der Waals surface area contributed by atoms with Crippen LogP contribution in [-0.4, -0.2) is 14.2 Å². The normalized spacial score (nSPS) is 7.65. The van der Waals surface area contributed by atoms with Gasteiger partial charge in [0, 0.05) is 0 Å². The van der Waals surface area contributed by atoms with E-state index in [-0.39, 0.29) is 0 Å². The van der Waals surface area contributed by atoms with E-state index in [1.165, 1.54) is 7.11 Å². The summed E-state index contributed by atoms with van der Waals surface area (Å²) in [7, 11) is 3.08. The van der Waals surface area contributed by atoms with E-state index in [9.17, 15) is 0 Å². The molecule has 0 aromatic heterocycles. The first-order valence-electron chi connectivity index (χ1n) is 5.86. The minimum absolute atomic E-state index is 0.449. The van der Waals surface area contributed by atoms with Gasteiger partial charge in [0.1, 0.15) is 23.1 Å². The fraction of sp³-hybridized carbons (Fsp3) is 0.500. The highest BCUT2D eigenvalue weighted by Gasteiger charge is 2.11. The van der Waals surface area contributed by atoms with Gasteiger partial charge in [-0.05, 0) is 18.6 Å². The minimum atomic E-state index is 0.449. The third-order valence-corrected chi connectivity index (χ3v) is 1.85. The summed E-state index contributed by atoms with van der Waals surface area (Å²) in [4.78, 5) is 0. The molecule has 0 amide bonds. The Morgan fingerprint density at radius 3 is 1.88 bits per heavy atom. The Bertz CT molecular complexity index is 354. The average molecular weight is 237 g/mol. The summed E-state index contributed by atoms with van der Waals surface area (Å²) in [6.07, 6.45) is 0. The molecule has 3 nitrogen and oxygen atoms in total. The summed E-state index contributed by atoms with van der Waals surface area (Å²) < 4.78 is 10.1. The first-order valence-corrected chi connectivity index (χ1v) is 5.86. The molecule has 1 aromatic rings.